The molecule has 0 aromatic heterocycles. The number of piperidine rings is 1. The largest absolute Gasteiger partial charge is 0.416 e. The molecule has 0 radical (unpaired) electrons. The minimum absolute atomic E-state index is 0.0106. The van der Waals surface area contributed by atoms with Crippen LogP contribution in [0.25, 0.3) is 0 Å². The molecule has 2 aliphatic rings. The minimum Gasteiger partial charge on any atom is -0.372 e. The second-order valence-electron chi connectivity index (χ2n) is 8.75. The Hall–Kier alpha value is -2.65. The SMILES string of the molecule is C[C@@H](OCC1(c2ccccc2)CCC2NC(=O)NC[C@H]2N1)c1cc(CF)cc(C(F)(F)F)c1. The van der Waals surface area contributed by atoms with Gasteiger partial charge in [-0.05, 0) is 48.6 Å². The van der Waals surface area contributed by atoms with E-state index in [0.717, 1.165) is 24.1 Å². The molecule has 2 aromatic carbocycles. The predicted octanol–water partition coefficient (Wildman–Crippen LogP) is 4.58. The Balaban J connectivity index is 1.57. The molecule has 2 unspecified atom stereocenters. The number of carbonyl (C=O) groups excluding carboxylic acids is 1. The van der Waals surface area contributed by atoms with Crippen molar-refractivity contribution in [1.29, 1.82) is 0 Å². The molecule has 4 atom stereocenters. The summed E-state index contributed by atoms with van der Waals surface area (Å²) in [5, 5.41) is 9.36. The van der Waals surface area contributed by atoms with Crippen molar-refractivity contribution in [2.75, 3.05) is 13.2 Å². The third-order valence-corrected chi connectivity index (χ3v) is 6.50. The number of alkyl halides is 4. The van der Waals surface area contributed by atoms with Crippen molar-refractivity contribution in [1.82, 2.24) is 16.0 Å². The Labute approximate surface area is 189 Å². The van der Waals surface area contributed by atoms with Gasteiger partial charge in [-0.1, -0.05) is 36.4 Å². The number of fused-ring (bicyclic) bond motifs is 1. The van der Waals surface area contributed by atoms with Crippen LogP contribution in [0.5, 0.6) is 0 Å². The molecule has 4 rings (SSSR count). The summed E-state index contributed by atoms with van der Waals surface area (Å²) in [5.74, 6) is 0. The van der Waals surface area contributed by atoms with Gasteiger partial charge < -0.3 is 15.4 Å². The average Bonchev–Trinajstić information content (AvgIpc) is 2.82. The van der Waals surface area contributed by atoms with E-state index in [1.54, 1.807) is 6.92 Å². The number of rotatable bonds is 6. The molecule has 2 aliphatic heterocycles. The highest BCUT2D eigenvalue weighted by Gasteiger charge is 2.44. The zero-order valence-electron chi connectivity index (χ0n) is 18.2. The van der Waals surface area contributed by atoms with E-state index in [-0.39, 0.29) is 35.8 Å². The number of halogens is 4. The monoisotopic (exact) mass is 465 g/mol. The van der Waals surface area contributed by atoms with Crippen molar-refractivity contribution in [3.05, 3.63) is 70.8 Å². The fourth-order valence-corrected chi connectivity index (χ4v) is 4.66. The van der Waals surface area contributed by atoms with E-state index in [9.17, 15) is 22.4 Å². The molecule has 2 heterocycles. The standard InChI is InChI=1S/C24H27F4N3O2/c1-15(17-9-16(12-25)10-19(11-17)24(26,27)28)33-14-23(18-5-3-2-4-6-18)8-7-20-21(31-23)13-29-22(32)30-20/h2-6,9-11,15,20-21,31H,7-8,12-14H2,1H3,(H2,29,30,32)/t15-,20?,21-,23?/m1/s1. The molecule has 0 bridgehead atoms. The maximum absolute atomic E-state index is 13.3. The number of amides is 2. The van der Waals surface area contributed by atoms with E-state index in [4.69, 9.17) is 4.74 Å². The van der Waals surface area contributed by atoms with Crippen molar-refractivity contribution < 1.29 is 27.1 Å². The third kappa shape index (κ3) is 5.14. The maximum Gasteiger partial charge on any atom is 0.416 e. The third-order valence-electron chi connectivity index (χ3n) is 6.50. The Morgan fingerprint density at radius 3 is 2.61 bits per heavy atom. The van der Waals surface area contributed by atoms with Crippen LogP contribution in [0.1, 0.15) is 48.1 Å². The van der Waals surface area contributed by atoms with Gasteiger partial charge in [-0.2, -0.15) is 13.2 Å². The molecular formula is C24H27F4N3O2. The summed E-state index contributed by atoms with van der Waals surface area (Å²) >= 11 is 0. The summed E-state index contributed by atoms with van der Waals surface area (Å²) < 4.78 is 59.2. The zero-order valence-corrected chi connectivity index (χ0v) is 18.2. The first kappa shape index (κ1) is 23.5. The lowest BCUT2D eigenvalue weighted by Crippen LogP contribution is -2.69. The summed E-state index contributed by atoms with van der Waals surface area (Å²) in [6.07, 6.45) is -3.85. The summed E-state index contributed by atoms with van der Waals surface area (Å²) in [6.45, 7) is 1.36. The molecule has 0 aliphatic carbocycles. The number of benzene rings is 2. The molecule has 2 aromatic rings. The Kier molecular flexibility index (Phi) is 6.63. The molecule has 3 N–H and O–H groups in total. The molecule has 2 fully saturated rings. The Bertz CT molecular complexity index is 985. The van der Waals surface area contributed by atoms with Crippen molar-refractivity contribution in [3.8, 4) is 0 Å². The van der Waals surface area contributed by atoms with Gasteiger partial charge in [0.05, 0.1) is 23.8 Å². The van der Waals surface area contributed by atoms with Crippen LogP contribution < -0.4 is 16.0 Å². The highest BCUT2D eigenvalue weighted by molar-refractivity contribution is 5.75. The first-order valence-electron chi connectivity index (χ1n) is 11.0. The van der Waals surface area contributed by atoms with E-state index >= 15 is 0 Å². The first-order valence-corrected chi connectivity index (χ1v) is 11.0. The predicted molar refractivity (Wildman–Crippen MR) is 115 cm³/mol. The van der Waals surface area contributed by atoms with Crippen molar-refractivity contribution in [3.63, 3.8) is 0 Å². The molecule has 5 nitrogen and oxygen atoms in total. The van der Waals surface area contributed by atoms with E-state index in [1.807, 2.05) is 30.3 Å². The number of ether oxygens (including phenoxy) is 1. The smallest absolute Gasteiger partial charge is 0.372 e. The summed E-state index contributed by atoms with van der Waals surface area (Å²) in [4.78, 5) is 11.7. The molecule has 33 heavy (non-hydrogen) atoms. The van der Waals surface area contributed by atoms with Crippen molar-refractivity contribution >= 4 is 6.03 Å². The van der Waals surface area contributed by atoms with E-state index in [1.165, 1.54) is 6.07 Å². The second kappa shape index (κ2) is 9.30. The van der Waals surface area contributed by atoms with Gasteiger partial charge in [-0.15, -0.1) is 0 Å². The van der Waals surface area contributed by atoms with Crippen LogP contribution >= 0.6 is 0 Å². The van der Waals surface area contributed by atoms with Crippen LogP contribution in [-0.2, 0) is 23.1 Å². The lowest BCUT2D eigenvalue weighted by Gasteiger charge is -2.48. The van der Waals surface area contributed by atoms with Gasteiger partial charge >= 0.3 is 12.2 Å². The normalized spacial score (nSPS) is 26.2. The van der Waals surface area contributed by atoms with Gasteiger partial charge in [0.25, 0.3) is 0 Å². The van der Waals surface area contributed by atoms with Crippen molar-refractivity contribution in [2.45, 2.75) is 56.3 Å². The highest BCUT2D eigenvalue weighted by atomic mass is 19.4. The first-order chi connectivity index (χ1) is 15.7. The quantitative estimate of drug-likeness (QED) is 0.548. The van der Waals surface area contributed by atoms with Gasteiger partial charge in [-0.25, -0.2) is 9.18 Å². The van der Waals surface area contributed by atoms with Gasteiger partial charge in [0.1, 0.15) is 6.67 Å². The van der Waals surface area contributed by atoms with Gasteiger partial charge in [0.2, 0.25) is 0 Å². The van der Waals surface area contributed by atoms with Gasteiger partial charge in [0.15, 0.2) is 0 Å². The van der Waals surface area contributed by atoms with E-state index in [2.05, 4.69) is 16.0 Å². The molecule has 0 spiro atoms. The molecule has 2 amide bonds. The van der Waals surface area contributed by atoms with Crippen LogP contribution in [0.2, 0.25) is 0 Å². The van der Waals surface area contributed by atoms with Crippen LogP contribution in [0.15, 0.2) is 48.5 Å². The number of hydrogen-bond acceptors (Lipinski definition) is 3. The van der Waals surface area contributed by atoms with Gasteiger partial charge in [0, 0.05) is 18.6 Å². The molecule has 9 heteroatoms. The van der Waals surface area contributed by atoms with Crippen LogP contribution in [0, 0.1) is 0 Å². The number of hydrogen-bond donors (Lipinski definition) is 3. The van der Waals surface area contributed by atoms with E-state index in [0.29, 0.717) is 13.0 Å². The number of urea groups is 1. The van der Waals surface area contributed by atoms with Crippen LogP contribution in [-0.4, -0.2) is 31.3 Å². The summed E-state index contributed by atoms with van der Waals surface area (Å²) in [6, 6.07) is 12.8. The Morgan fingerprint density at radius 1 is 1.15 bits per heavy atom. The fourth-order valence-electron chi connectivity index (χ4n) is 4.66. The number of nitrogens with one attached hydrogen (secondary N) is 3. The maximum atomic E-state index is 13.3. The summed E-state index contributed by atoms with van der Waals surface area (Å²) in [7, 11) is 0. The molecular weight excluding hydrogens is 438 g/mol. The van der Waals surface area contributed by atoms with Gasteiger partial charge in [-0.3, -0.25) is 5.32 Å². The van der Waals surface area contributed by atoms with Crippen molar-refractivity contribution in [2.24, 2.45) is 0 Å². The zero-order chi connectivity index (χ0) is 23.6. The minimum atomic E-state index is -4.57. The molecule has 0 saturated carbocycles. The topological polar surface area (TPSA) is 62.4 Å². The van der Waals surface area contributed by atoms with Crippen LogP contribution in [0.3, 0.4) is 0 Å². The fraction of sp³-hybridized carbons (Fsp3) is 0.458. The van der Waals surface area contributed by atoms with E-state index < -0.39 is 30.1 Å². The second-order valence-corrected chi connectivity index (χ2v) is 8.75. The average molecular weight is 465 g/mol. The Morgan fingerprint density at radius 2 is 1.91 bits per heavy atom. The molecule has 178 valence electrons. The summed E-state index contributed by atoms with van der Waals surface area (Å²) in [5.41, 5.74) is -0.216. The lowest BCUT2D eigenvalue weighted by atomic mass is 9.78. The van der Waals surface area contributed by atoms with Crippen LogP contribution in [0.4, 0.5) is 22.4 Å². The highest BCUT2D eigenvalue weighted by Crippen LogP contribution is 2.36. The number of carbonyl (C=O) groups is 1. The lowest BCUT2D eigenvalue weighted by molar-refractivity contribution is -0.137. The molecule has 2 saturated heterocycles.